The molecule has 33 heavy (non-hydrogen) atoms. The number of ether oxygens (including phenoxy) is 1. The van der Waals surface area contributed by atoms with Crippen LogP contribution >= 0.6 is 11.6 Å². The molecule has 3 aromatic carbocycles. The first-order valence-electron chi connectivity index (χ1n) is 10.2. The van der Waals surface area contributed by atoms with Crippen molar-refractivity contribution in [1.29, 1.82) is 0 Å². The average molecular weight is 457 g/mol. The van der Waals surface area contributed by atoms with Crippen molar-refractivity contribution < 1.29 is 9.13 Å². The summed E-state index contributed by atoms with van der Waals surface area (Å²) in [6.45, 7) is 0. The van der Waals surface area contributed by atoms with E-state index in [2.05, 4.69) is 10.3 Å². The number of pyridine rings is 1. The molecule has 0 unspecified atom stereocenters. The van der Waals surface area contributed by atoms with Gasteiger partial charge in [0.15, 0.2) is 11.6 Å². The lowest BCUT2D eigenvalue weighted by Crippen LogP contribution is -2.01. The molecule has 7 heteroatoms. The number of nitrogens with one attached hydrogen (secondary N) is 1. The molecule has 162 valence electrons. The van der Waals surface area contributed by atoms with Gasteiger partial charge in [-0.25, -0.2) is 14.4 Å². The van der Waals surface area contributed by atoms with Gasteiger partial charge in [0, 0.05) is 23.3 Å². The number of methoxy groups -OCH3 is 1. The van der Waals surface area contributed by atoms with Crippen molar-refractivity contribution >= 4 is 34.0 Å². The highest BCUT2D eigenvalue weighted by Gasteiger charge is 2.14. The molecule has 0 aliphatic rings. The summed E-state index contributed by atoms with van der Waals surface area (Å²) in [5, 5.41) is 3.88. The summed E-state index contributed by atoms with van der Waals surface area (Å²) < 4.78 is 20.0. The van der Waals surface area contributed by atoms with Gasteiger partial charge >= 0.3 is 0 Å². The summed E-state index contributed by atoms with van der Waals surface area (Å²) in [4.78, 5) is 13.6. The lowest BCUT2D eigenvalue weighted by atomic mass is 10.0. The van der Waals surface area contributed by atoms with Crippen LogP contribution < -0.4 is 10.1 Å². The Morgan fingerprint density at radius 1 is 0.879 bits per heavy atom. The Labute approximate surface area is 194 Å². The van der Waals surface area contributed by atoms with Crippen LogP contribution in [0.25, 0.3) is 33.4 Å². The minimum absolute atomic E-state index is 0.0305. The maximum atomic E-state index is 14.7. The zero-order valence-electron chi connectivity index (χ0n) is 17.6. The van der Waals surface area contributed by atoms with E-state index >= 15 is 0 Å². The van der Waals surface area contributed by atoms with E-state index in [1.54, 1.807) is 31.6 Å². The molecule has 0 saturated heterocycles. The molecular weight excluding hydrogens is 439 g/mol. The molecule has 0 atom stereocenters. The Morgan fingerprint density at radius 2 is 1.70 bits per heavy atom. The number of hydrogen-bond donors (Lipinski definition) is 1. The van der Waals surface area contributed by atoms with Crippen LogP contribution in [0, 0.1) is 5.82 Å². The molecule has 0 bridgehead atoms. The van der Waals surface area contributed by atoms with Gasteiger partial charge in [0.05, 0.1) is 23.3 Å². The summed E-state index contributed by atoms with van der Waals surface area (Å²) in [7, 11) is 1.63. The van der Waals surface area contributed by atoms with Crippen LogP contribution in [0.2, 0.25) is 5.02 Å². The largest absolute Gasteiger partial charge is 0.497 e. The lowest BCUT2D eigenvalue weighted by Gasteiger charge is -2.13. The first-order valence-corrected chi connectivity index (χ1v) is 10.6. The Bertz CT molecular complexity index is 1460. The summed E-state index contributed by atoms with van der Waals surface area (Å²) in [6, 6.07) is 22.2. The molecule has 2 aromatic heterocycles. The molecule has 0 radical (unpaired) electrons. The average Bonchev–Trinajstić information content (AvgIpc) is 2.87. The second-order valence-electron chi connectivity index (χ2n) is 7.33. The van der Waals surface area contributed by atoms with Crippen LogP contribution in [0.1, 0.15) is 0 Å². The molecule has 0 fully saturated rings. The molecule has 5 nitrogen and oxygen atoms in total. The predicted octanol–water partition coefficient (Wildman–Crippen LogP) is 6.90. The van der Waals surface area contributed by atoms with Crippen molar-refractivity contribution in [2.24, 2.45) is 0 Å². The van der Waals surface area contributed by atoms with E-state index in [1.807, 2.05) is 54.6 Å². The molecule has 0 saturated carbocycles. The Balaban J connectivity index is 1.69. The van der Waals surface area contributed by atoms with Crippen LogP contribution in [-0.2, 0) is 0 Å². The molecule has 2 heterocycles. The number of halogens is 2. The van der Waals surface area contributed by atoms with Crippen molar-refractivity contribution in [2.45, 2.75) is 0 Å². The quantitative estimate of drug-likeness (QED) is 0.311. The van der Waals surface area contributed by atoms with Crippen LogP contribution in [0.4, 0.5) is 15.9 Å². The van der Waals surface area contributed by atoms with Gasteiger partial charge in [-0.15, -0.1) is 0 Å². The van der Waals surface area contributed by atoms with Crippen molar-refractivity contribution in [3.63, 3.8) is 0 Å². The minimum atomic E-state index is -0.544. The van der Waals surface area contributed by atoms with Gasteiger partial charge in [-0.2, -0.15) is 0 Å². The van der Waals surface area contributed by atoms with Gasteiger partial charge in [0.25, 0.3) is 0 Å². The van der Waals surface area contributed by atoms with Crippen LogP contribution in [0.15, 0.2) is 85.2 Å². The molecule has 1 N–H and O–H groups in total. The Kier molecular flexibility index (Phi) is 5.59. The number of nitrogens with zero attached hydrogens (tertiary/aromatic N) is 3. The van der Waals surface area contributed by atoms with E-state index in [1.165, 1.54) is 6.07 Å². The molecule has 0 aliphatic heterocycles. The maximum Gasteiger partial charge on any atom is 0.165 e. The summed E-state index contributed by atoms with van der Waals surface area (Å²) in [5.41, 5.74) is 3.62. The topological polar surface area (TPSA) is 59.9 Å². The van der Waals surface area contributed by atoms with Crippen molar-refractivity contribution in [2.75, 3.05) is 12.4 Å². The van der Waals surface area contributed by atoms with E-state index in [9.17, 15) is 4.39 Å². The number of rotatable bonds is 5. The van der Waals surface area contributed by atoms with Crippen molar-refractivity contribution in [3.05, 3.63) is 96.0 Å². The fourth-order valence-corrected chi connectivity index (χ4v) is 3.73. The number of hydrogen-bond acceptors (Lipinski definition) is 5. The van der Waals surface area contributed by atoms with E-state index in [-0.39, 0.29) is 10.7 Å². The normalized spacial score (nSPS) is 10.9. The van der Waals surface area contributed by atoms with Gasteiger partial charge < -0.3 is 10.1 Å². The van der Waals surface area contributed by atoms with E-state index in [0.717, 1.165) is 27.8 Å². The molecule has 5 rings (SSSR count). The summed E-state index contributed by atoms with van der Waals surface area (Å²) >= 11 is 5.99. The summed E-state index contributed by atoms with van der Waals surface area (Å²) in [6.07, 6.45) is 3.38. The van der Waals surface area contributed by atoms with Gasteiger partial charge in [-0.05, 0) is 59.7 Å². The van der Waals surface area contributed by atoms with Gasteiger partial charge in [-0.1, -0.05) is 35.9 Å². The van der Waals surface area contributed by atoms with Crippen molar-refractivity contribution in [1.82, 2.24) is 15.0 Å². The summed E-state index contributed by atoms with van der Waals surface area (Å²) in [5.74, 6) is 1.16. The van der Waals surface area contributed by atoms with Crippen LogP contribution in [0.5, 0.6) is 5.75 Å². The SMILES string of the molecule is COc1cccc(-c2ccc3nc(-c4cccnc4)nc(Nc4cccc(Cl)c4F)c3c2)c1. The zero-order valence-corrected chi connectivity index (χ0v) is 18.3. The monoisotopic (exact) mass is 456 g/mol. The van der Waals surface area contributed by atoms with Crippen LogP contribution in [-0.4, -0.2) is 22.1 Å². The van der Waals surface area contributed by atoms with E-state index in [4.69, 9.17) is 26.3 Å². The predicted molar refractivity (Wildman–Crippen MR) is 129 cm³/mol. The number of anilines is 2. The molecule has 0 amide bonds. The third-order valence-electron chi connectivity index (χ3n) is 5.22. The highest BCUT2D eigenvalue weighted by Crippen LogP contribution is 2.33. The number of aromatic nitrogens is 3. The third-order valence-corrected chi connectivity index (χ3v) is 5.52. The fourth-order valence-electron chi connectivity index (χ4n) is 3.56. The van der Waals surface area contributed by atoms with Gasteiger partial charge in [0.1, 0.15) is 11.6 Å². The zero-order chi connectivity index (χ0) is 22.8. The highest BCUT2D eigenvalue weighted by molar-refractivity contribution is 6.31. The molecular formula is C26H18ClFN4O. The van der Waals surface area contributed by atoms with E-state index in [0.29, 0.717) is 17.2 Å². The number of benzene rings is 3. The van der Waals surface area contributed by atoms with Crippen LogP contribution in [0.3, 0.4) is 0 Å². The van der Waals surface area contributed by atoms with Gasteiger partial charge in [-0.3, -0.25) is 4.98 Å². The smallest absolute Gasteiger partial charge is 0.165 e. The third kappa shape index (κ3) is 4.21. The fraction of sp³-hybridized carbons (Fsp3) is 0.0385. The Morgan fingerprint density at radius 3 is 2.52 bits per heavy atom. The standard InChI is InChI=1S/C26H18ClFN4O/c1-33-19-7-2-5-16(13-19)17-10-11-22-20(14-17)26(31-23-9-3-8-21(27)24(23)28)32-25(30-22)18-6-4-12-29-15-18/h2-15H,1H3,(H,30,31,32). The second kappa shape index (κ2) is 8.84. The Hall–Kier alpha value is -4.03. The van der Waals surface area contributed by atoms with Gasteiger partial charge in [0.2, 0.25) is 0 Å². The van der Waals surface area contributed by atoms with E-state index < -0.39 is 5.82 Å². The maximum absolute atomic E-state index is 14.7. The first-order chi connectivity index (χ1) is 16.1. The second-order valence-corrected chi connectivity index (χ2v) is 7.73. The highest BCUT2D eigenvalue weighted by atomic mass is 35.5. The molecule has 5 aromatic rings. The first kappa shape index (κ1) is 20.8. The van der Waals surface area contributed by atoms with Crippen molar-refractivity contribution in [3.8, 4) is 28.3 Å². The lowest BCUT2D eigenvalue weighted by molar-refractivity contribution is 0.415. The molecule has 0 aliphatic carbocycles. The number of fused-ring (bicyclic) bond motifs is 1. The molecule has 0 spiro atoms. The minimum Gasteiger partial charge on any atom is -0.497 e.